The maximum Gasteiger partial charge on any atom is 0.338 e. The van der Waals surface area contributed by atoms with E-state index < -0.39 is 16.4 Å². The molecule has 0 atom stereocenters. The van der Waals surface area contributed by atoms with Crippen molar-refractivity contribution in [2.45, 2.75) is 32.7 Å². The van der Waals surface area contributed by atoms with Crippen LogP contribution in [0.3, 0.4) is 0 Å². The fourth-order valence-corrected chi connectivity index (χ4v) is 3.38. The number of ether oxygens (including phenoxy) is 1. The molecule has 1 amide bonds. The molecule has 1 heterocycles. The first-order valence-corrected chi connectivity index (χ1v) is 9.32. The summed E-state index contributed by atoms with van der Waals surface area (Å²) >= 11 is 0. The number of carbonyl (C=O) groups is 2. The van der Waals surface area contributed by atoms with Gasteiger partial charge in [-0.1, -0.05) is 18.2 Å². The number of carbonyl (C=O) groups excluding carboxylic acids is 2. The third-order valence-electron chi connectivity index (χ3n) is 4.90. The van der Waals surface area contributed by atoms with Gasteiger partial charge in [0.15, 0.2) is 0 Å². The molecule has 1 aliphatic heterocycles. The molecule has 2 aromatic carbocycles. The molecule has 152 valence electrons. The van der Waals surface area contributed by atoms with E-state index in [1.807, 2.05) is 38.1 Å². The van der Waals surface area contributed by atoms with Crippen molar-refractivity contribution >= 4 is 28.9 Å². The Balaban J connectivity index is 1.64. The maximum atomic E-state index is 12.8. The smallest absolute Gasteiger partial charge is 0.338 e. The first kappa shape index (κ1) is 20.3. The summed E-state index contributed by atoms with van der Waals surface area (Å²) in [6.45, 7) is 5.66. The second kappa shape index (κ2) is 7.90. The van der Waals surface area contributed by atoms with Gasteiger partial charge in [-0.2, -0.15) is 0 Å². The van der Waals surface area contributed by atoms with Crippen LogP contribution in [-0.2, 0) is 9.53 Å². The Hall–Kier alpha value is -3.42. The van der Waals surface area contributed by atoms with Crippen LogP contribution in [0.15, 0.2) is 42.5 Å². The Morgan fingerprint density at radius 2 is 1.93 bits per heavy atom. The number of rotatable bonds is 6. The summed E-state index contributed by atoms with van der Waals surface area (Å²) in [4.78, 5) is 37.3. The zero-order valence-corrected chi connectivity index (χ0v) is 16.6. The first-order chi connectivity index (χ1) is 13.7. The van der Waals surface area contributed by atoms with Crippen LogP contribution in [0.5, 0.6) is 0 Å². The van der Waals surface area contributed by atoms with Crippen LogP contribution in [0.2, 0.25) is 0 Å². The summed E-state index contributed by atoms with van der Waals surface area (Å²) in [6.07, 6.45) is 0.440. The van der Waals surface area contributed by atoms with Gasteiger partial charge in [-0.05, 0) is 45.4 Å². The molecule has 0 fully saturated rings. The number of anilines is 2. The monoisotopic (exact) mass is 397 g/mol. The first-order valence-electron chi connectivity index (χ1n) is 9.32. The minimum Gasteiger partial charge on any atom is -0.462 e. The molecule has 8 heteroatoms. The second-order valence-corrected chi connectivity index (χ2v) is 7.42. The van der Waals surface area contributed by atoms with Crippen molar-refractivity contribution in [1.29, 1.82) is 0 Å². The van der Waals surface area contributed by atoms with E-state index in [-0.39, 0.29) is 29.3 Å². The molecule has 0 bridgehead atoms. The van der Waals surface area contributed by atoms with E-state index >= 15 is 0 Å². The van der Waals surface area contributed by atoms with Gasteiger partial charge in [0.2, 0.25) is 0 Å². The van der Waals surface area contributed by atoms with Crippen molar-refractivity contribution in [3.63, 3.8) is 0 Å². The van der Waals surface area contributed by atoms with E-state index in [4.69, 9.17) is 4.74 Å². The Morgan fingerprint density at radius 1 is 1.21 bits per heavy atom. The van der Waals surface area contributed by atoms with E-state index in [0.717, 1.165) is 11.4 Å². The van der Waals surface area contributed by atoms with Crippen molar-refractivity contribution < 1.29 is 19.2 Å². The number of nitro groups is 1. The van der Waals surface area contributed by atoms with Gasteiger partial charge < -0.3 is 15.0 Å². The highest BCUT2D eigenvalue weighted by Gasteiger charge is 2.38. The van der Waals surface area contributed by atoms with Crippen LogP contribution in [0.4, 0.5) is 17.1 Å². The van der Waals surface area contributed by atoms with Crippen LogP contribution in [-0.4, -0.2) is 35.5 Å². The lowest BCUT2D eigenvalue weighted by atomic mass is 9.98. The zero-order valence-electron chi connectivity index (χ0n) is 16.6. The van der Waals surface area contributed by atoms with E-state index in [1.165, 1.54) is 25.1 Å². The molecule has 0 aromatic heterocycles. The van der Waals surface area contributed by atoms with Gasteiger partial charge in [0.05, 0.1) is 28.5 Å². The molecule has 0 aliphatic carbocycles. The maximum absolute atomic E-state index is 12.8. The van der Waals surface area contributed by atoms with Gasteiger partial charge in [0.1, 0.15) is 5.54 Å². The number of nitro benzene ring substituents is 1. The quantitative estimate of drug-likeness (QED) is 0.345. The second-order valence-electron chi connectivity index (χ2n) is 7.42. The minimum absolute atomic E-state index is 0.0583. The zero-order chi connectivity index (χ0) is 21.2. The number of hydrogen-bond acceptors (Lipinski definition) is 6. The van der Waals surface area contributed by atoms with Crippen LogP contribution in [0, 0.1) is 17.0 Å². The van der Waals surface area contributed by atoms with E-state index in [1.54, 1.807) is 4.90 Å². The SMILES string of the molecule is Cc1c(C(=O)OCCCN2C(=O)C(C)(C)Nc3ccccc32)cccc1[N+](=O)[O-]. The Morgan fingerprint density at radius 3 is 2.66 bits per heavy atom. The molecule has 2 aromatic rings. The number of benzene rings is 2. The molecule has 3 rings (SSSR count). The molecular weight excluding hydrogens is 374 g/mol. The summed E-state index contributed by atoms with van der Waals surface area (Å²) in [5.41, 5.74) is 1.26. The largest absolute Gasteiger partial charge is 0.462 e. The average Bonchev–Trinajstić information content (AvgIpc) is 2.67. The number of amides is 1. The van der Waals surface area contributed by atoms with Gasteiger partial charge >= 0.3 is 5.97 Å². The fraction of sp³-hybridized carbons (Fsp3) is 0.333. The summed E-state index contributed by atoms with van der Waals surface area (Å²) < 4.78 is 5.29. The number of nitrogens with one attached hydrogen (secondary N) is 1. The van der Waals surface area contributed by atoms with Crippen LogP contribution in [0.1, 0.15) is 36.2 Å². The fourth-order valence-electron chi connectivity index (χ4n) is 3.38. The molecule has 1 N–H and O–H groups in total. The lowest BCUT2D eigenvalue weighted by Crippen LogP contribution is -2.54. The standard InChI is InChI=1S/C21H23N3O5/c1-14-15(8-6-11-17(14)24(27)28)19(25)29-13-7-12-23-18-10-5-4-9-16(18)22-21(2,3)20(23)26/h4-6,8-11,22H,7,12-13H2,1-3H3. The van der Waals surface area contributed by atoms with Crippen LogP contribution < -0.4 is 10.2 Å². The van der Waals surface area contributed by atoms with E-state index in [9.17, 15) is 19.7 Å². The lowest BCUT2D eigenvalue weighted by molar-refractivity contribution is -0.385. The molecular formula is C21H23N3O5. The molecule has 0 saturated heterocycles. The summed E-state index contributed by atoms with van der Waals surface area (Å²) in [5, 5.41) is 14.3. The average molecular weight is 397 g/mol. The molecule has 0 spiro atoms. The van der Waals surface area contributed by atoms with Crippen molar-refractivity contribution in [3.8, 4) is 0 Å². The number of hydrogen-bond donors (Lipinski definition) is 1. The van der Waals surface area contributed by atoms with Crippen molar-refractivity contribution in [2.24, 2.45) is 0 Å². The Bertz CT molecular complexity index is 971. The molecule has 29 heavy (non-hydrogen) atoms. The molecule has 1 aliphatic rings. The van der Waals surface area contributed by atoms with Gasteiger partial charge in [-0.15, -0.1) is 0 Å². The Labute approximate surface area is 168 Å². The van der Waals surface area contributed by atoms with Gasteiger partial charge in [-0.3, -0.25) is 14.9 Å². The van der Waals surface area contributed by atoms with Gasteiger partial charge in [0, 0.05) is 18.2 Å². The number of nitrogens with zero attached hydrogens (tertiary/aromatic N) is 2. The minimum atomic E-state index is -0.731. The summed E-state index contributed by atoms with van der Waals surface area (Å²) in [7, 11) is 0. The number of para-hydroxylation sites is 2. The van der Waals surface area contributed by atoms with E-state index in [2.05, 4.69) is 5.32 Å². The van der Waals surface area contributed by atoms with Crippen molar-refractivity contribution in [1.82, 2.24) is 0 Å². The summed E-state index contributed by atoms with van der Waals surface area (Å²) in [6, 6.07) is 11.9. The van der Waals surface area contributed by atoms with Crippen LogP contribution in [0.25, 0.3) is 0 Å². The van der Waals surface area contributed by atoms with Crippen LogP contribution >= 0.6 is 0 Å². The van der Waals surface area contributed by atoms with Gasteiger partial charge in [-0.25, -0.2) is 4.79 Å². The normalized spacial score (nSPS) is 14.7. The molecule has 8 nitrogen and oxygen atoms in total. The predicted octanol–water partition coefficient (Wildman–Crippen LogP) is 3.69. The highest BCUT2D eigenvalue weighted by molar-refractivity contribution is 6.07. The van der Waals surface area contributed by atoms with Gasteiger partial charge in [0.25, 0.3) is 11.6 Å². The van der Waals surface area contributed by atoms with Crippen molar-refractivity contribution in [2.75, 3.05) is 23.4 Å². The number of fused-ring (bicyclic) bond motifs is 1. The van der Waals surface area contributed by atoms with Crippen molar-refractivity contribution in [3.05, 3.63) is 63.7 Å². The lowest BCUT2D eigenvalue weighted by Gasteiger charge is -2.40. The third-order valence-corrected chi connectivity index (χ3v) is 4.90. The highest BCUT2D eigenvalue weighted by Crippen LogP contribution is 2.35. The predicted molar refractivity (Wildman–Crippen MR) is 109 cm³/mol. The number of esters is 1. The summed E-state index contributed by atoms with van der Waals surface area (Å²) in [5.74, 6) is -0.671. The Kier molecular flexibility index (Phi) is 5.54. The third kappa shape index (κ3) is 4.06. The molecule has 0 radical (unpaired) electrons. The molecule has 0 unspecified atom stereocenters. The van der Waals surface area contributed by atoms with E-state index in [0.29, 0.717) is 13.0 Å². The topological polar surface area (TPSA) is 102 Å². The molecule has 0 saturated carbocycles. The highest BCUT2D eigenvalue weighted by atomic mass is 16.6.